The van der Waals surface area contributed by atoms with Gasteiger partial charge in [0.15, 0.2) is 5.96 Å². The number of nitrogens with zero attached hydrogens (tertiary/aromatic N) is 3. The molecule has 7 heteroatoms. The number of hydrogen-bond donors (Lipinski definition) is 1. The van der Waals surface area contributed by atoms with E-state index in [9.17, 15) is 10.1 Å². The van der Waals surface area contributed by atoms with Crippen LogP contribution in [0.25, 0.3) is 0 Å². The molecule has 1 N–H and O–H groups in total. The molecular formula is C17H19IN4O2. The predicted molar refractivity (Wildman–Crippen MR) is 106 cm³/mol. The Balaban J connectivity index is 0.00000208. The van der Waals surface area contributed by atoms with Gasteiger partial charge in [-0.25, -0.2) is 0 Å². The molecule has 6 nitrogen and oxygen atoms in total. The number of fused-ring (bicyclic) bond motifs is 1. The highest BCUT2D eigenvalue weighted by Crippen LogP contribution is 2.27. The lowest BCUT2D eigenvalue weighted by molar-refractivity contribution is -0.384. The van der Waals surface area contributed by atoms with E-state index < -0.39 is 0 Å². The van der Waals surface area contributed by atoms with Crippen LogP contribution in [0.1, 0.15) is 11.1 Å². The van der Waals surface area contributed by atoms with Crippen LogP contribution in [0.4, 0.5) is 11.4 Å². The molecule has 24 heavy (non-hydrogen) atoms. The number of halogens is 1. The highest BCUT2D eigenvalue weighted by atomic mass is 127. The van der Waals surface area contributed by atoms with Crippen LogP contribution >= 0.6 is 24.0 Å². The summed E-state index contributed by atoms with van der Waals surface area (Å²) in [6.07, 6.45) is 0.994. The molecule has 0 bridgehead atoms. The third-order valence-electron chi connectivity index (χ3n) is 3.93. The highest BCUT2D eigenvalue weighted by Gasteiger charge is 2.22. The van der Waals surface area contributed by atoms with Gasteiger partial charge < -0.3 is 10.2 Å². The van der Waals surface area contributed by atoms with Crippen LogP contribution in [0.2, 0.25) is 0 Å². The number of para-hydroxylation sites is 1. The maximum absolute atomic E-state index is 10.8. The number of guanidine groups is 1. The number of hydrogen-bond acceptors (Lipinski definition) is 3. The van der Waals surface area contributed by atoms with Gasteiger partial charge in [-0.2, -0.15) is 0 Å². The molecule has 0 saturated heterocycles. The van der Waals surface area contributed by atoms with Crippen LogP contribution in [0.5, 0.6) is 0 Å². The number of non-ortho nitro benzene ring substituents is 1. The molecule has 1 aliphatic rings. The van der Waals surface area contributed by atoms with Crippen LogP contribution in [0.15, 0.2) is 53.5 Å². The minimum atomic E-state index is -0.380. The molecular weight excluding hydrogens is 419 g/mol. The van der Waals surface area contributed by atoms with E-state index in [0.29, 0.717) is 6.54 Å². The van der Waals surface area contributed by atoms with E-state index in [2.05, 4.69) is 27.3 Å². The van der Waals surface area contributed by atoms with Gasteiger partial charge in [0.1, 0.15) is 0 Å². The summed E-state index contributed by atoms with van der Waals surface area (Å²) in [5, 5.41) is 14.1. The van der Waals surface area contributed by atoms with E-state index >= 15 is 0 Å². The maximum Gasteiger partial charge on any atom is 0.269 e. The van der Waals surface area contributed by atoms with Gasteiger partial charge in [0, 0.05) is 38.0 Å². The summed E-state index contributed by atoms with van der Waals surface area (Å²) < 4.78 is 0. The third-order valence-corrected chi connectivity index (χ3v) is 3.93. The molecule has 0 fully saturated rings. The van der Waals surface area contributed by atoms with E-state index in [-0.39, 0.29) is 34.6 Å². The van der Waals surface area contributed by atoms with Crippen molar-refractivity contribution < 1.29 is 4.92 Å². The summed E-state index contributed by atoms with van der Waals surface area (Å²) in [7, 11) is 1.75. The molecule has 0 saturated carbocycles. The summed E-state index contributed by atoms with van der Waals surface area (Å²) in [4.78, 5) is 17.0. The van der Waals surface area contributed by atoms with Crippen LogP contribution < -0.4 is 10.2 Å². The molecule has 0 aromatic heterocycles. The topological polar surface area (TPSA) is 70.8 Å². The Kier molecular flexibility index (Phi) is 6.13. The average Bonchev–Trinajstić information content (AvgIpc) is 3.00. The zero-order chi connectivity index (χ0) is 16.2. The minimum Gasteiger partial charge on any atom is -0.352 e. The molecule has 1 heterocycles. The Morgan fingerprint density at radius 1 is 1.29 bits per heavy atom. The highest BCUT2D eigenvalue weighted by molar-refractivity contribution is 14.0. The van der Waals surface area contributed by atoms with Crippen molar-refractivity contribution in [3.63, 3.8) is 0 Å². The maximum atomic E-state index is 10.8. The van der Waals surface area contributed by atoms with Crippen LogP contribution in [-0.2, 0) is 13.0 Å². The van der Waals surface area contributed by atoms with Crippen molar-refractivity contribution in [2.75, 3.05) is 18.5 Å². The van der Waals surface area contributed by atoms with E-state index in [4.69, 9.17) is 0 Å². The molecule has 2 aromatic rings. The summed E-state index contributed by atoms with van der Waals surface area (Å²) in [5.41, 5.74) is 3.43. The Bertz CT molecular complexity index is 764. The van der Waals surface area contributed by atoms with Crippen molar-refractivity contribution in [1.29, 1.82) is 0 Å². The lowest BCUT2D eigenvalue weighted by atomic mass is 10.2. The van der Waals surface area contributed by atoms with Crippen LogP contribution in [-0.4, -0.2) is 24.5 Å². The molecule has 3 rings (SSSR count). The normalized spacial score (nSPS) is 13.2. The van der Waals surface area contributed by atoms with E-state index in [1.807, 2.05) is 18.2 Å². The predicted octanol–water partition coefficient (Wildman–Crippen LogP) is 3.35. The summed E-state index contributed by atoms with van der Waals surface area (Å²) >= 11 is 0. The zero-order valence-corrected chi connectivity index (χ0v) is 15.6. The van der Waals surface area contributed by atoms with Gasteiger partial charge >= 0.3 is 0 Å². The molecule has 0 atom stereocenters. The van der Waals surface area contributed by atoms with Crippen molar-refractivity contribution in [1.82, 2.24) is 5.32 Å². The second-order valence-electron chi connectivity index (χ2n) is 5.36. The number of aliphatic imine (C=N–C) groups is 1. The second-order valence-corrected chi connectivity index (χ2v) is 5.36. The first-order valence-electron chi connectivity index (χ1n) is 7.48. The van der Waals surface area contributed by atoms with Crippen molar-refractivity contribution in [2.45, 2.75) is 13.0 Å². The van der Waals surface area contributed by atoms with Gasteiger partial charge in [-0.1, -0.05) is 30.3 Å². The molecule has 1 aliphatic heterocycles. The van der Waals surface area contributed by atoms with E-state index in [1.165, 1.54) is 17.3 Å². The van der Waals surface area contributed by atoms with Gasteiger partial charge in [0.2, 0.25) is 0 Å². The number of rotatable bonds is 3. The zero-order valence-electron chi connectivity index (χ0n) is 13.3. The minimum absolute atomic E-state index is 0. The monoisotopic (exact) mass is 438 g/mol. The first kappa shape index (κ1) is 18.2. The van der Waals surface area contributed by atoms with Gasteiger partial charge in [-0.05, 0) is 23.6 Å². The molecule has 126 valence electrons. The van der Waals surface area contributed by atoms with Gasteiger partial charge in [0.25, 0.3) is 5.69 Å². The smallest absolute Gasteiger partial charge is 0.269 e. The quantitative estimate of drug-likeness (QED) is 0.262. The Hall–Kier alpha value is -2.16. The largest absolute Gasteiger partial charge is 0.352 e. The Morgan fingerprint density at radius 2 is 2.08 bits per heavy atom. The first-order valence-corrected chi connectivity index (χ1v) is 7.48. The number of benzene rings is 2. The molecule has 2 aromatic carbocycles. The molecule has 0 spiro atoms. The third kappa shape index (κ3) is 3.84. The van der Waals surface area contributed by atoms with Crippen molar-refractivity contribution in [3.05, 3.63) is 69.8 Å². The van der Waals surface area contributed by atoms with Gasteiger partial charge in [0.05, 0.1) is 4.92 Å². The van der Waals surface area contributed by atoms with E-state index in [0.717, 1.165) is 24.5 Å². The lowest BCUT2D eigenvalue weighted by Gasteiger charge is -2.22. The fourth-order valence-electron chi connectivity index (χ4n) is 2.81. The van der Waals surface area contributed by atoms with Crippen LogP contribution in [0.3, 0.4) is 0 Å². The molecule has 0 aliphatic carbocycles. The van der Waals surface area contributed by atoms with Crippen molar-refractivity contribution >= 4 is 41.3 Å². The van der Waals surface area contributed by atoms with E-state index in [1.54, 1.807) is 19.2 Å². The second kappa shape index (κ2) is 8.09. The summed E-state index contributed by atoms with van der Waals surface area (Å²) in [5.74, 6) is 0.779. The molecule has 0 radical (unpaired) electrons. The number of nitrogens with one attached hydrogen (secondary N) is 1. The number of nitro groups is 1. The van der Waals surface area contributed by atoms with Crippen molar-refractivity contribution in [2.24, 2.45) is 4.99 Å². The van der Waals surface area contributed by atoms with Gasteiger partial charge in [-0.3, -0.25) is 15.1 Å². The lowest BCUT2D eigenvalue weighted by Crippen LogP contribution is -2.40. The standard InChI is InChI=1S/C17H18N4O2.HI/c1-18-17(20-10-9-14-6-2-3-8-16(14)20)19-12-13-5-4-7-15(11-13)21(22)23;/h2-8,11H,9-10,12H2,1H3,(H,18,19);1H. The van der Waals surface area contributed by atoms with Crippen LogP contribution in [0, 0.1) is 10.1 Å². The number of nitro benzene ring substituents is 1. The summed E-state index contributed by atoms with van der Waals surface area (Å²) in [6, 6.07) is 14.9. The SMILES string of the molecule is CN=C(NCc1cccc([N+](=O)[O-])c1)N1CCc2ccccc21.I. The summed E-state index contributed by atoms with van der Waals surface area (Å²) in [6.45, 7) is 1.38. The molecule has 0 unspecified atom stereocenters. The fraction of sp³-hybridized carbons (Fsp3) is 0.235. The van der Waals surface area contributed by atoms with Crippen molar-refractivity contribution in [3.8, 4) is 0 Å². The van der Waals surface area contributed by atoms with Gasteiger partial charge in [-0.15, -0.1) is 24.0 Å². The average molecular weight is 438 g/mol. The fourth-order valence-corrected chi connectivity index (χ4v) is 2.81. The first-order chi connectivity index (χ1) is 11.2. The Labute approximate surface area is 157 Å². The Morgan fingerprint density at radius 3 is 2.83 bits per heavy atom. The number of anilines is 1. The molecule has 0 amide bonds.